The molecule has 0 bridgehead atoms. The van der Waals surface area contributed by atoms with Crippen molar-refractivity contribution in [1.82, 2.24) is 0 Å². The molecule has 4 unspecified atom stereocenters. The second kappa shape index (κ2) is 12.8. The standard InChI is InChI=1S/C31H46O3/c1-3-5-7-23-8-9-28-22-27(15-14-26(28)21-23)24-10-12-25(13-11-24)31(32)34-30-18-16-29(17-19-30)33-20-6-4-2/h4,6,16-19,23-28H,3,5,7-15,20-22H2,1-2H3/b6-4+. The average molecular weight is 467 g/mol. The van der Waals surface area contributed by atoms with E-state index >= 15 is 0 Å². The summed E-state index contributed by atoms with van der Waals surface area (Å²) in [5.41, 5.74) is 0. The molecule has 0 saturated heterocycles. The van der Waals surface area contributed by atoms with Gasteiger partial charge < -0.3 is 9.47 Å². The number of hydrogen-bond acceptors (Lipinski definition) is 3. The van der Waals surface area contributed by atoms with Crippen molar-refractivity contribution in [2.24, 2.45) is 35.5 Å². The number of esters is 1. The van der Waals surface area contributed by atoms with E-state index in [-0.39, 0.29) is 11.9 Å². The van der Waals surface area contributed by atoms with Crippen LogP contribution in [0.25, 0.3) is 0 Å². The first-order valence-electron chi connectivity index (χ1n) is 14.2. The van der Waals surface area contributed by atoms with Crippen molar-refractivity contribution >= 4 is 5.97 Å². The zero-order valence-electron chi connectivity index (χ0n) is 21.6. The Hall–Kier alpha value is -1.77. The lowest BCUT2D eigenvalue weighted by Crippen LogP contribution is -2.35. The summed E-state index contributed by atoms with van der Waals surface area (Å²) in [6, 6.07) is 7.42. The summed E-state index contributed by atoms with van der Waals surface area (Å²) >= 11 is 0. The number of carbonyl (C=O) groups excluding carboxylic acids is 1. The Morgan fingerprint density at radius 3 is 2.18 bits per heavy atom. The van der Waals surface area contributed by atoms with Crippen molar-refractivity contribution in [3.8, 4) is 11.5 Å². The van der Waals surface area contributed by atoms with Crippen LogP contribution in [0.4, 0.5) is 0 Å². The van der Waals surface area contributed by atoms with Crippen molar-refractivity contribution < 1.29 is 14.3 Å². The van der Waals surface area contributed by atoms with Crippen LogP contribution < -0.4 is 9.47 Å². The molecule has 0 N–H and O–H groups in total. The van der Waals surface area contributed by atoms with Gasteiger partial charge >= 0.3 is 5.97 Å². The molecule has 3 aliphatic rings. The van der Waals surface area contributed by atoms with Gasteiger partial charge in [0.1, 0.15) is 18.1 Å². The van der Waals surface area contributed by atoms with Crippen LogP contribution in [0.15, 0.2) is 36.4 Å². The Morgan fingerprint density at radius 1 is 0.853 bits per heavy atom. The van der Waals surface area contributed by atoms with Gasteiger partial charge in [-0.25, -0.2) is 0 Å². The van der Waals surface area contributed by atoms with E-state index in [9.17, 15) is 4.79 Å². The molecule has 188 valence electrons. The fourth-order valence-corrected chi connectivity index (χ4v) is 7.08. The van der Waals surface area contributed by atoms with E-state index in [0.29, 0.717) is 12.4 Å². The predicted molar refractivity (Wildman–Crippen MR) is 139 cm³/mol. The van der Waals surface area contributed by atoms with E-state index in [4.69, 9.17) is 9.47 Å². The van der Waals surface area contributed by atoms with Crippen LogP contribution in [0.1, 0.15) is 97.3 Å². The molecular weight excluding hydrogens is 420 g/mol. The Labute approximate surface area is 207 Å². The minimum absolute atomic E-state index is 0.0462. The van der Waals surface area contributed by atoms with Crippen LogP contribution in [0.5, 0.6) is 11.5 Å². The zero-order valence-corrected chi connectivity index (χ0v) is 21.6. The van der Waals surface area contributed by atoms with E-state index in [0.717, 1.165) is 48.2 Å². The van der Waals surface area contributed by atoms with Gasteiger partial charge in [0.05, 0.1) is 5.92 Å². The minimum Gasteiger partial charge on any atom is -0.490 e. The first-order chi connectivity index (χ1) is 16.7. The fraction of sp³-hybridized carbons (Fsp3) is 0.710. The van der Waals surface area contributed by atoms with Crippen LogP contribution in [0.2, 0.25) is 0 Å². The van der Waals surface area contributed by atoms with E-state index in [1.807, 2.05) is 43.3 Å². The maximum Gasteiger partial charge on any atom is 0.314 e. The Morgan fingerprint density at radius 2 is 1.47 bits per heavy atom. The lowest BCUT2D eigenvalue weighted by molar-refractivity contribution is -0.140. The molecule has 3 fully saturated rings. The molecule has 0 radical (unpaired) electrons. The normalized spacial score (nSPS) is 31.7. The maximum atomic E-state index is 12.8. The van der Waals surface area contributed by atoms with Gasteiger partial charge in [-0.1, -0.05) is 44.8 Å². The first kappa shape index (κ1) is 25.3. The third-order valence-electron chi connectivity index (χ3n) is 9.12. The largest absolute Gasteiger partial charge is 0.490 e. The molecule has 0 amide bonds. The highest BCUT2D eigenvalue weighted by molar-refractivity contribution is 5.75. The number of allylic oxidation sites excluding steroid dienone is 1. The van der Waals surface area contributed by atoms with Crippen molar-refractivity contribution in [2.75, 3.05) is 6.61 Å². The summed E-state index contributed by atoms with van der Waals surface area (Å²) in [7, 11) is 0. The third-order valence-corrected chi connectivity index (χ3v) is 9.12. The van der Waals surface area contributed by atoms with E-state index in [2.05, 4.69) is 6.92 Å². The van der Waals surface area contributed by atoms with Crippen LogP contribution in [0, 0.1) is 35.5 Å². The zero-order chi connectivity index (χ0) is 23.8. The number of benzene rings is 1. The third kappa shape index (κ3) is 6.89. The molecule has 3 nitrogen and oxygen atoms in total. The SMILES string of the molecule is C/C=C/COc1ccc(OC(=O)C2CCC(C3CCC4CC(CCCC)CCC4C3)CC2)cc1. The van der Waals surface area contributed by atoms with Crippen molar-refractivity contribution in [3.63, 3.8) is 0 Å². The minimum atomic E-state index is -0.0462. The van der Waals surface area contributed by atoms with E-state index in [1.165, 1.54) is 70.6 Å². The maximum absolute atomic E-state index is 12.8. The molecule has 1 aromatic rings. The van der Waals surface area contributed by atoms with Gasteiger partial charge in [0, 0.05) is 0 Å². The second-order valence-corrected chi connectivity index (χ2v) is 11.3. The average Bonchev–Trinajstić information content (AvgIpc) is 2.88. The number of ether oxygens (including phenoxy) is 2. The lowest BCUT2D eigenvalue weighted by Gasteiger charge is -2.45. The van der Waals surface area contributed by atoms with Crippen molar-refractivity contribution in [1.29, 1.82) is 0 Å². The summed E-state index contributed by atoms with van der Waals surface area (Å²) in [4.78, 5) is 12.8. The Bertz CT molecular complexity index is 774. The summed E-state index contributed by atoms with van der Waals surface area (Å²) in [6.45, 7) is 4.86. The molecule has 0 heterocycles. The smallest absolute Gasteiger partial charge is 0.314 e. The molecule has 34 heavy (non-hydrogen) atoms. The quantitative estimate of drug-likeness (QED) is 0.208. The second-order valence-electron chi connectivity index (χ2n) is 11.3. The predicted octanol–water partition coefficient (Wildman–Crippen LogP) is 8.38. The molecule has 1 aromatic carbocycles. The summed E-state index contributed by atoms with van der Waals surface area (Å²) in [6.07, 6.45) is 21.4. The molecule has 4 rings (SSSR count). The van der Waals surface area contributed by atoms with E-state index in [1.54, 1.807) is 0 Å². The molecule has 3 aliphatic carbocycles. The molecule has 3 saturated carbocycles. The van der Waals surface area contributed by atoms with Gasteiger partial charge in [-0.3, -0.25) is 4.79 Å². The van der Waals surface area contributed by atoms with Gasteiger partial charge in [-0.05, 0) is 119 Å². The molecule has 0 spiro atoms. The van der Waals surface area contributed by atoms with Crippen LogP contribution in [-0.2, 0) is 4.79 Å². The van der Waals surface area contributed by atoms with E-state index < -0.39 is 0 Å². The summed E-state index contributed by atoms with van der Waals surface area (Å²) in [5, 5.41) is 0. The number of carbonyl (C=O) groups is 1. The Balaban J connectivity index is 1.18. The highest BCUT2D eigenvalue weighted by atomic mass is 16.5. The van der Waals surface area contributed by atoms with Gasteiger partial charge in [-0.15, -0.1) is 0 Å². The lowest BCUT2D eigenvalue weighted by atomic mass is 9.60. The molecule has 0 aromatic heterocycles. The van der Waals surface area contributed by atoms with Crippen LogP contribution in [0.3, 0.4) is 0 Å². The molecule has 3 heteroatoms. The topological polar surface area (TPSA) is 35.5 Å². The number of fused-ring (bicyclic) bond motifs is 1. The molecular formula is C31H46O3. The number of unbranched alkanes of at least 4 members (excludes halogenated alkanes) is 1. The summed E-state index contributed by atoms with van der Waals surface area (Å²) in [5.74, 6) is 6.18. The number of rotatable bonds is 9. The van der Waals surface area contributed by atoms with Gasteiger partial charge in [0.25, 0.3) is 0 Å². The fourth-order valence-electron chi connectivity index (χ4n) is 7.08. The van der Waals surface area contributed by atoms with Crippen LogP contribution in [-0.4, -0.2) is 12.6 Å². The first-order valence-corrected chi connectivity index (χ1v) is 14.2. The van der Waals surface area contributed by atoms with Crippen molar-refractivity contribution in [3.05, 3.63) is 36.4 Å². The van der Waals surface area contributed by atoms with Gasteiger partial charge in [0.15, 0.2) is 0 Å². The van der Waals surface area contributed by atoms with Crippen LogP contribution >= 0.6 is 0 Å². The molecule has 4 atom stereocenters. The highest BCUT2D eigenvalue weighted by Crippen LogP contribution is 2.49. The monoisotopic (exact) mass is 466 g/mol. The highest BCUT2D eigenvalue weighted by Gasteiger charge is 2.39. The Kier molecular flexibility index (Phi) is 9.53. The van der Waals surface area contributed by atoms with Gasteiger partial charge in [0.2, 0.25) is 0 Å². The molecule has 0 aliphatic heterocycles. The number of hydrogen-bond donors (Lipinski definition) is 0. The van der Waals surface area contributed by atoms with Gasteiger partial charge in [-0.2, -0.15) is 0 Å². The van der Waals surface area contributed by atoms with Crippen molar-refractivity contribution in [2.45, 2.75) is 97.3 Å². The summed E-state index contributed by atoms with van der Waals surface area (Å²) < 4.78 is 11.3.